The van der Waals surface area contributed by atoms with E-state index < -0.39 is 12.3 Å². The van der Waals surface area contributed by atoms with Gasteiger partial charge in [-0.2, -0.15) is 23.2 Å². The number of tetrazole rings is 1. The maximum Gasteiger partial charge on any atom is 0.387 e. The molecule has 0 aliphatic rings. The van der Waals surface area contributed by atoms with Crippen LogP contribution in [-0.4, -0.2) is 36.2 Å². The van der Waals surface area contributed by atoms with Crippen molar-refractivity contribution in [1.82, 2.24) is 29.6 Å². The summed E-state index contributed by atoms with van der Waals surface area (Å²) in [5, 5.41) is 12.0. The number of rotatable bonds is 8. The molecule has 2 aromatic heterocycles. The average molecular weight is 456 g/mol. The lowest BCUT2D eigenvalue weighted by molar-refractivity contribution is -0.0508. The summed E-state index contributed by atoms with van der Waals surface area (Å²) in [4.78, 5) is 12.6. The molecule has 0 fully saturated rings. The second-order valence-electron chi connectivity index (χ2n) is 7.26. The fraction of sp³-hybridized carbons (Fsp3) is 0.273. The van der Waals surface area contributed by atoms with Gasteiger partial charge in [-0.1, -0.05) is 6.07 Å². The Morgan fingerprint density at radius 2 is 1.91 bits per heavy atom. The number of halogens is 2. The van der Waals surface area contributed by atoms with Crippen LogP contribution in [0, 0.1) is 6.92 Å². The van der Waals surface area contributed by atoms with E-state index in [1.807, 2.05) is 38.4 Å². The zero-order chi connectivity index (χ0) is 23.5. The predicted molar refractivity (Wildman–Crippen MR) is 116 cm³/mol. The molecule has 0 atom stereocenters. The maximum atomic E-state index is 13.0. The lowest BCUT2D eigenvalue weighted by Gasteiger charge is -2.16. The van der Waals surface area contributed by atoms with Gasteiger partial charge in [0.1, 0.15) is 18.1 Å². The number of aromatic nitrogens is 6. The van der Waals surface area contributed by atoms with Gasteiger partial charge >= 0.3 is 12.3 Å². The third-order valence-electron chi connectivity index (χ3n) is 5.05. The Morgan fingerprint density at radius 3 is 2.55 bits per heavy atom. The second kappa shape index (κ2) is 9.23. The van der Waals surface area contributed by atoms with Crippen molar-refractivity contribution in [2.45, 2.75) is 33.6 Å². The Kier molecular flexibility index (Phi) is 6.20. The van der Waals surface area contributed by atoms with Crippen molar-refractivity contribution in [3.8, 4) is 28.4 Å². The largest absolute Gasteiger partial charge is 0.488 e. The topological polar surface area (TPSA) is 89.0 Å². The van der Waals surface area contributed by atoms with Crippen molar-refractivity contribution >= 4 is 0 Å². The highest BCUT2D eigenvalue weighted by molar-refractivity contribution is 5.61. The van der Waals surface area contributed by atoms with Crippen molar-refractivity contribution in [3.05, 3.63) is 70.3 Å². The maximum absolute atomic E-state index is 13.0. The molecular formula is C22H22F2N6O3. The van der Waals surface area contributed by atoms with Crippen molar-refractivity contribution in [3.63, 3.8) is 0 Å². The lowest BCUT2D eigenvalue weighted by Crippen LogP contribution is -2.25. The summed E-state index contributed by atoms with van der Waals surface area (Å²) < 4.78 is 40.6. The number of nitrogens with zero attached hydrogens (tertiary/aromatic N) is 6. The number of alkyl halides is 2. The molecule has 0 radical (unpaired) electrons. The van der Waals surface area contributed by atoms with Crippen LogP contribution in [0.25, 0.3) is 16.9 Å². The minimum Gasteiger partial charge on any atom is -0.488 e. The Hall–Kier alpha value is -4.02. The van der Waals surface area contributed by atoms with E-state index in [1.54, 1.807) is 23.7 Å². The highest BCUT2D eigenvalue weighted by Gasteiger charge is 2.19. The molecule has 0 aliphatic heterocycles. The monoisotopic (exact) mass is 456 g/mol. The van der Waals surface area contributed by atoms with Crippen LogP contribution >= 0.6 is 0 Å². The molecule has 0 spiro atoms. The second-order valence-corrected chi connectivity index (χ2v) is 7.26. The molecule has 0 unspecified atom stereocenters. The van der Waals surface area contributed by atoms with Crippen LogP contribution in [0.15, 0.2) is 53.5 Å². The van der Waals surface area contributed by atoms with E-state index >= 15 is 0 Å². The summed E-state index contributed by atoms with van der Waals surface area (Å²) in [5.74, 6) is 0.445. The van der Waals surface area contributed by atoms with Crippen molar-refractivity contribution in [2.75, 3.05) is 0 Å². The summed E-state index contributed by atoms with van der Waals surface area (Å²) in [6, 6.07) is 11.9. The molecule has 172 valence electrons. The van der Waals surface area contributed by atoms with E-state index in [9.17, 15) is 13.6 Å². The molecule has 0 amide bonds. The Labute approximate surface area is 187 Å². The molecule has 0 saturated heterocycles. The van der Waals surface area contributed by atoms with Gasteiger partial charge in [0.2, 0.25) is 0 Å². The van der Waals surface area contributed by atoms with Gasteiger partial charge in [-0.25, -0.2) is 4.79 Å². The molecule has 4 rings (SSSR count). The summed E-state index contributed by atoms with van der Waals surface area (Å²) in [7, 11) is 1.84. The fourth-order valence-corrected chi connectivity index (χ4v) is 3.42. The van der Waals surface area contributed by atoms with Gasteiger partial charge in [0, 0.05) is 25.4 Å². The van der Waals surface area contributed by atoms with Crippen LogP contribution in [0.5, 0.6) is 11.5 Å². The molecule has 11 heteroatoms. The Morgan fingerprint density at radius 1 is 1.09 bits per heavy atom. The van der Waals surface area contributed by atoms with E-state index in [0.717, 1.165) is 26.2 Å². The first-order valence-electron chi connectivity index (χ1n) is 10.2. The zero-order valence-electron chi connectivity index (χ0n) is 18.3. The molecule has 0 saturated carbocycles. The van der Waals surface area contributed by atoms with Gasteiger partial charge in [0.25, 0.3) is 0 Å². The normalized spacial score (nSPS) is 11.2. The number of ether oxygens (including phenoxy) is 2. The van der Waals surface area contributed by atoms with E-state index in [-0.39, 0.29) is 23.6 Å². The highest BCUT2D eigenvalue weighted by atomic mass is 19.3. The minimum absolute atomic E-state index is 0.108. The van der Waals surface area contributed by atoms with E-state index in [2.05, 4.69) is 20.3 Å². The lowest BCUT2D eigenvalue weighted by atomic mass is 10.1. The first-order chi connectivity index (χ1) is 15.9. The number of aryl methyl sites for hydroxylation is 3. The van der Waals surface area contributed by atoms with Gasteiger partial charge in [-0.05, 0) is 66.2 Å². The van der Waals surface area contributed by atoms with Crippen LogP contribution in [0.2, 0.25) is 0 Å². The molecular weight excluding hydrogens is 434 g/mol. The standard InChI is InChI=1S/C22H22F2N6O3/c1-4-29-22(31)30(27-26-29)18-6-5-7-20(33-21(23)24)16(18)13-32-19-9-8-15(12-14(19)2)17-10-11-28(3)25-17/h5-12,21H,4,13H2,1-3H3. The highest BCUT2D eigenvalue weighted by Crippen LogP contribution is 2.30. The number of hydrogen-bond acceptors (Lipinski definition) is 6. The molecule has 0 N–H and O–H groups in total. The summed E-state index contributed by atoms with van der Waals surface area (Å²) in [5.41, 5.74) is 2.58. The Balaban J connectivity index is 1.67. The third kappa shape index (κ3) is 4.61. The zero-order valence-corrected chi connectivity index (χ0v) is 18.3. The summed E-state index contributed by atoms with van der Waals surface area (Å²) >= 11 is 0. The van der Waals surface area contributed by atoms with Crippen molar-refractivity contribution < 1.29 is 18.3 Å². The van der Waals surface area contributed by atoms with Gasteiger partial charge in [-0.15, -0.1) is 0 Å². The van der Waals surface area contributed by atoms with Crippen molar-refractivity contribution in [1.29, 1.82) is 0 Å². The molecule has 0 bridgehead atoms. The molecule has 2 heterocycles. The van der Waals surface area contributed by atoms with Crippen LogP contribution in [0.1, 0.15) is 18.1 Å². The van der Waals surface area contributed by atoms with Gasteiger partial charge < -0.3 is 9.47 Å². The molecule has 2 aromatic carbocycles. The van der Waals surface area contributed by atoms with E-state index in [1.165, 1.54) is 12.1 Å². The fourth-order valence-electron chi connectivity index (χ4n) is 3.42. The average Bonchev–Trinajstić information content (AvgIpc) is 3.38. The molecule has 9 nitrogen and oxygen atoms in total. The van der Waals surface area contributed by atoms with Crippen LogP contribution in [-0.2, 0) is 20.2 Å². The van der Waals surface area contributed by atoms with Crippen molar-refractivity contribution in [2.24, 2.45) is 7.05 Å². The predicted octanol–water partition coefficient (Wildman–Crippen LogP) is 3.34. The van der Waals surface area contributed by atoms with Crippen LogP contribution < -0.4 is 15.2 Å². The van der Waals surface area contributed by atoms with Gasteiger partial charge in [-0.3, -0.25) is 4.68 Å². The first kappa shape index (κ1) is 22.2. The smallest absolute Gasteiger partial charge is 0.387 e. The van der Waals surface area contributed by atoms with E-state index in [0.29, 0.717) is 12.3 Å². The van der Waals surface area contributed by atoms with Crippen LogP contribution in [0.3, 0.4) is 0 Å². The van der Waals surface area contributed by atoms with Gasteiger partial charge in [0.15, 0.2) is 0 Å². The third-order valence-corrected chi connectivity index (χ3v) is 5.05. The summed E-state index contributed by atoms with van der Waals surface area (Å²) in [6.45, 7) is 0.772. The Bertz CT molecular complexity index is 1330. The molecule has 4 aromatic rings. The number of hydrogen-bond donors (Lipinski definition) is 0. The van der Waals surface area contributed by atoms with E-state index in [4.69, 9.17) is 4.74 Å². The van der Waals surface area contributed by atoms with Gasteiger partial charge in [0.05, 0.1) is 16.9 Å². The minimum atomic E-state index is -3.04. The number of benzene rings is 2. The summed E-state index contributed by atoms with van der Waals surface area (Å²) in [6.07, 6.45) is 1.85. The quantitative estimate of drug-likeness (QED) is 0.404. The first-order valence-corrected chi connectivity index (χ1v) is 10.2. The molecule has 33 heavy (non-hydrogen) atoms. The SMILES string of the molecule is CCn1nnn(-c2cccc(OC(F)F)c2COc2ccc(-c3ccn(C)n3)cc2C)c1=O. The molecule has 0 aliphatic carbocycles. The van der Waals surface area contributed by atoms with Crippen LogP contribution in [0.4, 0.5) is 8.78 Å².